The van der Waals surface area contributed by atoms with Crippen molar-refractivity contribution >= 4 is 17.1 Å². The SMILES string of the molecule is CC1(C)c2ccccc2-c2c(N(c3ccc4c(c3)C(C)(c3ccccc3)c3ccccc3-4)c3ccccc3-c3cccc4c3-c3ccccc3C4(c3ccccc3)c3ccccc3)cccc21. The number of fused-ring (bicyclic) bond motifs is 9. The molecule has 0 saturated heterocycles. The van der Waals surface area contributed by atoms with Crippen LogP contribution in [0.5, 0.6) is 0 Å². The number of anilines is 3. The maximum atomic E-state index is 2.59. The lowest BCUT2D eigenvalue weighted by Crippen LogP contribution is -2.28. The van der Waals surface area contributed by atoms with E-state index < -0.39 is 5.41 Å². The molecule has 0 N–H and O–H groups in total. The van der Waals surface area contributed by atoms with E-state index in [9.17, 15) is 0 Å². The van der Waals surface area contributed by atoms with Crippen LogP contribution in [0.2, 0.25) is 0 Å². The second kappa shape index (κ2) is 14.8. The summed E-state index contributed by atoms with van der Waals surface area (Å²) < 4.78 is 0. The third-order valence-electron chi connectivity index (χ3n) is 15.7. The molecule has 0 bridgehead atoms. The number of hydrogen-bond acceptors (Lipinski definition) is 1. The van der Waals surface area contributed by atoms with Gasteiger partial charge in [-0.15, -0.1) is 0 Å². The molecule has 13 rings (SSSR count). The lowest BCUT2D eigenvalue weighted by atomic mass is 9.67. The third kappa shape index (κ3) is 5.43. The summed E-state index contributed by atoms with van der Waals surface area (Å²) in [5.41, 5.74) is 24.4. The second-order valence-corrected chi connectivity index (χ2v) is 19.2. The smallest absolute Gasteiger partial charge is 0.0713 e. The fraction of sp³-hybridized carbons (Fsp3) is 0.0909. The molecule has 1 nitrogen and oxygen atoms in total. The Morgan fingerprint density at radius 3 is 1.43 bits per heavy atom. The van der Waals surface area contributed by atoms with Gasteiger partial charge < -0.3 is 4.90 Å². The van der Waals surface area contributed by atoms with Crippen LogP contribution in [0.25, 0.3) is 44.5 Å². The molecule has 0 radical (unpaired) electrons. The van der Waals surface area contributed by atoms with Gasteiger partial charge in [0, 0.05) is 27.6 Å². The minimum atomic E-state index is -0.508. The Balaban J connectivity index is 1.11. The van der Waals surface area contributed by atoms with E-state index in [1.54, 1.807) is 0 Å². The first-order chi connectivity index (χ1) is 32.9. The molecule has 10 aromatic carbocycles. The Bertz CT molecular complexity index is 3530. The minimum Gasteiger partial charge on any atom is -0.309 e. The predicted molar refractivity (Wildman–Crippen MR) is 279 cm³/mol. The topological polar surface area (TPSA) is 3.24 Å². The quantitative estimate of drug-likeness (QED) is 0.154. The van der Waals surface area contributed by atoms with E-state index >= 15 is 0 Å². The third-order valence-corrected chi connectivity index (χ3v) is 15.7. The van der Waals surface area contributed by atoms with Gasteiger partial charge >= 0.3 is 0 Å². The average Bonchev–Trinajstić information content (AvgIpc) is 3.94. The van der Waals surface area contributed by atoms with E-state index in [-0.39, 0.29) is 10.8 Å². The minimum absolute atomic E-state index is 0.166. The molecule has 3 aliphatic carbocycles. The molecule has 0 aromatic heterocycles. The van der Waals surface area contributed by atoms with Gasteiger partial charge in [0.1, 0.15) is 0 Å². The van der Waals surface area contributed by atoms with Crippen molar-refractivity contribution in [2.24, 2.45) is 0 Å². The maximum Gasteiger partial charge on any atom is 0.0713 e. The van der Waals surface area contributed by atoms with Crippen LogP contribution in [-0.4, -0.2) is 0 Å². The summed E-state index contributed by atoms with van der Waals surface area (Å²) in [5.74, 6) is 0. The fourth-order valence-corrected chi connectivity index (χ4v) is 12.6. The van der Waals surface area contributed by atoms with Crippen molar-refractivity contribution in [3.05, 3.63) is 293 Å². The molecule has 0 amide bonds. The zero-order valence-electron chi connectivity index (χ0n) is 38.0. The second-order valence-electron chi connectivity index (χ2n) is 19.2. The number of para-hydroxylation sites is 1. The Kier molecular flexibility index (Phi) is 8.67. The van der Waals surface area contributed by atoms with Crippen LogP contribution in [0.1, 0.15) is 70.8 Å². The molecule has 318 valence electrons. The van der Waals surface area contributed by atoms with E-state index in [0.717, 1.165) is 11.4 Å². The van der Waals surface area contributed by atoms with E-state index in [4.69, 9.17) is 0 Å². The molecule has 1 heteroatoms. The standard InChI is InChI=1S/C66H49N/c1-64(2)54-34-17-14-31-52(54)63-57(64)37-22-40-61(63)67(47-41-42-49-48-29-13-18-35-55(48)65(3,59(49)43-47)44-23-7-4-8-24-44)60-39-20-16-30-50(60)51-33-21-38-58-62(51)53-32-15-19-36-56(53)66(58,45-25-9-5-10-26-45)46-27-11-6-12-28-46/h4-43H,1-3H3. The first-order valence-corrected chi connectivity index (χ1v) is 23.7. The molecule has 67 heavy (non-hydrogen) atoms. The summed E-state index contributed by atoms with van der Waals surface area (Å²) in [6, 6.07) is 91.0. The van der Waals surface area contributed by atoms with Gasteiger partial charge in [0.2, 0.25) is 0 Å². The highest BCUT2D eigenvalue weighted by Crippen LogP contribution is 2.61. The fourth-order valence-electron chi connectivity index (χ4n) is 12.6. The summed E-state index contributed by atoms with van der Waals surface area (Å²) in [4.78, 5) is 2.59. The molecule has 1 unspecified atom stereocenters. The Hall–Kier alpha value is -8.00. The van der Waals surface area contributed by atoms with Crippen molar-refractivity contribution in [1.29, 1.82) is 0 Å². The lowest BCUT2D eigenvalue weighted by molar-refractivity contribution is 0.660. The van der Waals surface area contributed by atoms with Crippen LogP contribution in [-0.2, 0) is 16.2 Å². The van der Waals surface area contributed by atoms with Crippen molar-refractivity contribution in [2.45, 2.75) is 37.0 Å². The van der Waals surface area contributed by atoms with Gasteiger partial charge in [-0.05, 0) is 115 Å². The zero-order valence-corrected chi connectivity index (χ0v) is 38.0. The van der Waals surface area contributed by atoms with Crippen molar-refractivity contribution in [3.63, 3.8) is 0 Å². The van der Waals surface area contributed by atoms with Crippen LogP contribution in [0.15, 0.2) is 243 Å². The highest BCUT2D eigenvalue weighted by molar-refractivity contribution is 6.03. The van der Waals surface area contributed by atoms with Crippen LogP contribution in [0.3, 0.4) is 0 Å². The monoisotopic (exact) mass is 855 g/mol. The van der Waals surface area contributed by atoms with Gasteiger partial charge in [0.15, 0.2) is 0 Å². The Morgan fingerprint density at radius 2 is 0.746 bits per heavy atom. The maximum absolute atomic E-state index is 2.59. The molecule has 0 spiro atoms. The average molecular weight is 856 g/mol. The van der Waals surface area contributed by atoms with Gasteiger partial charge in [-0.25, -0.2) is 0 Å². The molecule has 0 heterocycles. The summed E-state index contributed by atoms with van der Waals surface area (Å²) in [7, 11) is 0. The Morgan fingerprint density at radius 1 is 0.284 bits per heavy atom. The van der Waals surface area contributed by atoms with E-state index in [1.807, 2.05) is 0 Å². The molecule has 3 aliphatic rings. The van der Waals surface area contributed by atoms with Gasteiger partial charge in [0.05, 0.1) is 16.8 Å². The largest absolute Gasteiger partial charge is 0.309 e. The van der Waals surface area contributed by atoms with Gasteiger partial charge in [-0.1, -0.05) is 232 Å². The molecule has 10 aromatic rings. The van der Waals surface area contributed by atoms with E-state index in [0.29, 0.717) is 0 Å². The molecule has 1 atom stereocenters. The number of nitrogens with zero attached hydrogens (tertiary/aromatic N) is 1. The highest BCUT2D eigenvalue weighted by Gasteiger charge is 2.47. The number of rotatable bonds is 7. The predicted octanol–water partition coefficient (Wildman–Crippen LogP) is 16.8. The van der Waals surface area contributed by atoms with Crippen LogP contribution in [0.4, 0.5) is 17.1 Å². The van der Waals surface area contributed by atoms with E-state index in [2.05, 4.69) is 268 Å². The van der Waals surface area contributed by atoms with Crippen molar-refractivity contribution < 1.29 is 0 Å². The zero-order chi connectivity index (χ0) is 44.9. The highest BCUT2D eigenvalue weighted by atomic mass is 15.1. The summed E-state index contributed by atoms with van der Waals surface area (Å²) >= 11 is 0. The summed E-state index contributed by atoms with van der Waals surface area (Å²) in [5, 5.41) is 0. The van der Waals surface area contributed by atoms with Crippen molar-refractivity contribution in [1.82, 2.24) is 0 Å². The summed E-state index contributed by atoms with van der Waals surface area (Å²) in [6.45, 7) is 7.19. The van der Waals surface area contributed by atoms with Crippen molar-refractivity contribution in [2.75, 3.05) is 4.90 Å². The van der Waals surface area contributed by atoms with Crippen molar-refractivity contribution in [3.8, 4) is 44.5 Å². The normalized spacial score (nSPS) is 16.3. The molecular formula is C66H49N. The number of benzene rings is 10. The molecular weight excluding hydrogens is 807 g/mol. The van der Waals surface area contributed by atoms with Gasteiger partial charge in [-0.2, -0.15) is 0 Å². The first kappa shape index (κ1) is 39.4. The van der Waals surface area contributed by atoms with E-state index in [1.165, 1.54) is 100 Å². The molecule has 0 fully saturated rings. The Labute approximate surface area is 394 Å². The van der Waals surface area contributed by atoms with Crippen LogP contribution in [0, 0.1) is 0 Å². The van der Waals surface area contributed by atoms with Gasteiger partial charge in [-0.3, -0.25) is 0 Å². The lowest BCUT2D eigenvalue weighted by Gasteiger charge is -2.34. The molecule has 0 aliphatic heterocycles. The molecule has 0 saturated carbocycles. The van der Waals surface area contributed by atoms with Crippen LogP contribution >= 0.6 is 0 Å². The summed E-state index contributed by atoms with van der Waals surface area (Å²) in [6.07, 6.45) is 0. The first-order valence-electron chi connectivity index (χ1n) is 23.7. The van der Waals surface area contributed by atoms with Crippen LogP contribution < -0.4 is 4.90 Å². The number of hydrogen-bond donors (Lipinski definition) is 0. The van der Waals surface area contributed by atoms with Gasteiger partial charge in [0.25, 0.3) is 0 Å².